The summed E-state index contributed by atoms with van der Waals surface area (Å²) >= 11 is 0. The zero-order valence-corrected chi connectivity index (χ0v) is 18.7. The molecule has 1 fully saturated rings. The highest BCUT2D eigenvalue weighted by Gasteiger charge is 2.26. The molecule has 4 rings (SSSR count). The molecule has 0 spiro atoms. The molecule has 0 radical (unpaired) electrons. The van der Waals surface area contributed by atoms with Gasteiger partial charge in [0.1, 0.15) is 11.5 Å². The predicted molar refractivity (Wildman–Crippen MR) is 116 cm³/mol. The summed E-state index contributed by atoms with van der Waals surface area (Å²) < 4.78 is 22.3. The van der Waals surface area contributed by atoms with Crippen LogP contribution in [0.3, 0.4) is 0 Å². The molecule has 2 aliphatic heterocycles. The number of carbonyl (C=O) groups excluding carboxylic acids is 2. The summed E-state index contributed by atoms with van der Waals surface area (Å²) in [6.07, 6.45) is 2.24. The topological polar surface area (TPSA) is 81.5 Å². The van der Waals surface area contributed by atoms with E-state index in [2.05, 4.69) is 0 Å². The van der Waals surface area contributed by atoms with Crippen molar-refractivity contribution in [1.82, 2.24) is 9.80 Å². The van der Waals surface area contributed by atoms with Crippen LogP contribution in [0.1, 0.15) is 43.3 Å². The van der Waals surface area contributed by atoms with Crippen LogP contribution in [0.4, 0.5) is 0 Å². The van der Waals surface area contributed by atoms with E-state index in [0.29, 0.717) is 49.9 Å². The Bertz CT molecular complexity index is 950. The van der Waals surface area contributed by atoms with Crippen LogP contribution in [0.15, 0.2) is 34.7 Å². The van der Waals surface area contributed by atoms with Crippen LogP contribution < -0.4 is 9.47 Å². The van der Waals surface area contributed by atoms with Gasteiger partial charge in [-0.05, 0) is 49.6 Å². The Balaban J connectivity index is 1.50. The van der Waals surface area contributed by atoms with Crippen molar-refractivity contribution in [3.63, 3.8) is 0 Å². The molecule has 0 aliphatic carbocycles. The van der Waals surface area contributed by atoms with Gasteiger partial charge in [-0.15, -0.1) is 0 Å². The van der Waals surface area contributed by atoms with Crippen molar-refractivity contribution in [3.05, 3.63) is 47.4 Å². The van der Waals surface area contributed by atoms with E-state index in [0.717, 1.165) is 24.2 Å². The molecule has 1 aromatic heterocycles. The van der Waals surface area contributed by atoms with Gasteiger partial charge in [0.2, 0.25) is 18.6 Å². The minimum atomic E-state index is -0.142. The summed E-state index contributed by atoms with van der Waals surface area (Å²) in [5.41, 5.74) is 0.915. The van der Waals surface area contributed by atoms with Crippen LogP contribution in [0.2, 0.25) is 0 Å². The number of hydrogen-bond acceptors (Lipinski definition) is 6. The predicted octanol–water partition coefficient (Wildman–Crippen LogP) is 3.26. The minimum Gasteiger partial charge on any atom is -0.464 e. The van der Waals surface area contributed by atoms with Crippen molar-refractivity contribution < 1.29 is 28.2 Å². The average Bonchev–Trinajstić information content (AvgIpc) is 3.54. The molecule has 2 aromatic rings. The molecule has 32 heavy (non-hydrogen) atoms. The lowest BCUT2D eigenvalue weighted by molar-refractivity contribution is -0.142. The van der Waals surface area contributed by atoms with Gasteiger partial charge < -0.3 is 28.4 Å². The van der Waals surface area contributed by atoms with E-state index in [1.54, 1.807) is 9.80 Å². The van der Waals surface area contributed by atoms with Gasteiger partial charge in [0, 0.05) is 26.1 Å². The van der Waals surface area contributed by atoms with E-state index in [-0.39, 0.29) is 31.3 Å². The molecule has 3 heterocycles. The summed E-state index contributed by atoms with van der Waals surface area (Å²) in [4.78, 5) is 29.3. The Morgan fingerprint density at radius 2 is 1.88 bits per heavy atom. The summed E-state index contributed by atoms with van der Waals surface area (Å²) in [5.74, 6) is 2.66. The lowest BCUT2D eigenvalue weighted by atomic mass is 10.1. The highest BCUT2D eigenvalue weighted by molar-refractivity contribution is 5.84. The molecule has 8 heteroatoms. The Hall–Kier alpha value is -3.00. The zero-order chi connectivity index (χ0) is 22.5. The van der Waals surface area contributed by atoms with Crippen molar-refractivity contribution in [2.45, 2.75) is 52.3 Å². The third-order valence-corrected chi connectivity index (χ3v) is 5.74. The second kappa shape index (κ2) is 10.1. The number of aryl methyl sites for hydroxylation is 1. The van der Waals surface area contributed by atoms with Gasteiger partial charge in [-0.25, -0.2) is 0 Å². The van der Waals surface area contributed by atoms with Gasteiger partial charge in [-0.2, -0.15) is 0 Å². The van der Waals surface area contributed by atoms with Crippen LogP contribution in [0, 0.1) is 6.92 Å². The van der Waals surface area contributed by atoms with Crippen LogP contribution >= 0.6 is 0 Å². The number of fused-ring (bicyclic) bond motifs is 1. The maximum atomic E-state index is 13.4. The van der Waals surface area contributed by atoms with Crippen molar-refractivity contribution in [2.24, 2.45) is 0 Å². The van der Waals surface area contributed by atoms with Gasteiger partial charge in [0.15, 0.2) is 11.5 Å². The fourth-order valence-electron chi connectivity index (χ4n) is 4.03. The normalized spacial score (nSPS) is 16.9. The number of amides is 2. The highest BCUT2D eigenvalue weighted by atomic mass is 16.7. The van der Waals surface area contributed by atoms with Crippen LogP contribution in [0.25, 0.3) is 0 Å². The van der Waals surface area contributed by atoms with Crippen molar-refractivity contribution in [2.75, 3.05) is 26.5 Å². The summed E-state index contributed by atoms with van der Waals surface area (Å²) in [5, 5.41) is 0. The van der Waals surface area contributed by atoms with Gasteiger partial charge in [0.05, 0.1) is 19.2 Å². The molecular formula is C24H30N2O6. The molecule has 2 aliphatic rings. The minimum absolute atomic E-state index is 0.00617. The molecule has 8 nitrogen and oxygen atoms in total. The number of ether oxygens (including phenoxy) is 3. The number of nitrogens with zero attached hydrogens (tertiary/aromatic N) is 2. The first-order valence-electron chi connectivity index (χ1n) is 11.1. The molecule has 1 saturated heterocycles. The lowest BCUT2D eigenvalue weighted by Gasteiger charge is -2.28. The highest BCUT2D eigenvalue weighted by Crippen LogP contribution is 2.33. The zero-order valence-electron chi connectivity index (χ0n) is 18.7. The van der Waals surface area contributed by atoms with Crippen LogP contribution in [0.5, 0.6) is 11.5 Å². The average molecular weight is 443 g/mol. The van der Waals surface area contributed by atoms with Gasteiger partial charge in [-0.1, -0.05) is 13.0 Å². The van der Waals surface area contributed by atoms with Crippen molar-refractivity contribution >= 4 is 11.8 Å². The first-order valence-corrected chi connectivity index (χ1v) is 11.1. The number of rotatable bonds is 9. The van der Waals surface area contributed by atoms with Crippen LogP contribution in [-0.2, 0) is 27.4 Å². The van der Waals surface area contributed by atoms with E-state index in [1.165, 1.54) is 0 Å². The molecule has 0 bridgehead atoms. The standard InChI is InChI=1S/C24H30N2O6/c1-3-23(27)26(13-19-5-4-10-29-19)15-24(28)25(14-20-8-6-17(2)32-20)12-18-7-9-21-22(11-18)31-16-30-21/h6-9,11,19H,3-5,10,12-16H2,1-2H3. The second-order valence-electron chi connectivity index (χ2n) is 8.21. The first kappa shape index (κ1) is 22.2. The summed E-state index contributed by atoms with van der Waals surface area (Å²) in [6, 6.07) is 9.40. The largest absolute Gasteiger partial charge is 0.464 e. The third-order valence-electron chi connectivity index (χ3n) is 5.74. The number of hydrogen-bond donors (Lipinski definition) is 0. The first-order chi connectivity index (χ1) is 15.5. The maximum Gasteiger partial charge on any atom is 0.242 e. The Morgan fingerprint density at radius 1 is 1.03 bits per heavy atom. The molecule has 0 N–H and O–H groups in total. The van der Waals surface area contributed by atoms with E-state index in [4.69, 9.17) is 18.6 Å². The Morgan fingerprint density at radius 3 is 2.59 bits per heavy atom. The van der Waals surface area contributed by atoms with Crippen LogP contribution in [-0.4, -0.2) is 54.2 Å². The Labute approximate surface area is 188 Å². The van der Waals surface area contributed by atoms with Crippen molar-refractivity contribution in [3.8, 4) is 11.5 Å². The van der Waals surface area contributed by atoms with E-state index >= 15 is 0 Å². The fraction of sp³-hybridized carbons (Fsp3) is 0.500. The fourth-order valence-corrected chi connectivity index (χ4v) is 4.03. The number of furan rings is 1. The van der Waals surface area contributed by atoms with Gasteiger partial charge in [-0.3, -0.25) is 9.59 Å². The number of carbonyl (C=O) groups is 2. The molecule has 172 valence electrons. The SMILES string of the molecule is CCC(=O)N(CC(=O)N(Cc1ccc2c(c1)OCO2)Cc1ccc(C)o1)CC1CCCO1. The lowest BCUT2D eigenvalue weighted by Crippen LogP contribution is -2.45. The monoisotopic (exact) mass is 442 g/mol. The Kier molecular flexibility index (Phi) is 6.99. The summed E-state index contributed by atoms with van der Waals surface area (Å²) in [7, 11) is 0. The second-order valence-corrected chi connectivity index (χ2v) is 8.21. The molecular weight excluding hydrogens is 412 g/mol. The van der Waals surface area contributed by atoms with E-state index in [9.17, 15) is 9.59 Å². The molecule has 0 saturated carbocycles. The summed E-state index contributed by atoms with van der Waals surface area (Å²) in [6.45, 7) is 5.72. The van der Waals surface area contributed by atoms with Gasteiger partial charge in [0.25, 0.3) is 0 Å². The van der Waals surface area contributed by atoms with Crippen molar-refractivity contribution in [1.29, 1.82) is 0 Å². The van der Waals surface area contributed by atoms with E-state index < -0.39 is 0 Å². The van der Waals surface area contributed by atoms with E-state index in [1.807, 2.05) is 44.2 Å². The quantitative estimate of drug-likeness (QED) is 0.593. The molecule has 1 unspecified atom stereocenters. The smallest absolute Gasteiger partial charge is 0.242 e. The third kappa shape index (κ3) is 5.43. The maximum absolute atomic E-state index is 13.4. The molecule has 2 amide bonds. The number of benzene rings is 1. The molecule has 1 atom stereocenters. The molecule has 1 aromatic carbocycles. The van der Waals surface area contributed by atoms with Gasteiger partial charge >= 0.3 is 0 Å².